The zero-order valence-corrected chi connectivity index (χ0v) is 10.1. The van der Waals surface area contributed by atoms with Gasteiger partial charge in [-0.25, -0.2) is 18.3 Å². The van der Waals surface area contributed by atoms with E-state index in [1.165, 1.54) is 12.4 Å². The number of rotatable bonds is 3. The number of benzene rings is 1. The summed E-state index contributed by atoms with van der Waals surface area (Å²) in [5.74, 6) is -2.23. The van der Waals surface area contributed by atoms with E-state index in [1.54, 1.807) is 6.92 Å². The number of esters is 1. The molecule has 5 nitrogen and oxygen atoms in total. The summed E-state index contributed by atoms with van der Waals surface area (Å²) in [6, 6.07) is 1.70. The number of hydrogen-bond acceptors (Lipinski definition) is 4. The van der Waals surface area contributed by atoms with Crippen LogP contribution in [0.4, 0.5) is 14.5 Å². The van der Waals surface area contributed by atoms with Crippen LogP contribution in [-0.4, -0.2) is 22.4 Å². The molecular formula is C12H11F2N3O2. The number of carbonyl (C=O) groups excluding carboxylic acids is 1. The lowest BCUT2D eigenvalue weighted by Crippen LogP contribution is -2.05. The van der Waals surface area contributed by atoms with Gasteiger partial charge in [0.2, 0.25) is 0 Å². The van der Waals surface area contributed by atoms with Gasteiger partial charge in [-0.15, -0.1) is 0 Å². The van der Waals surface area contributed by atoms with Crippen molar-refractivity contribution in [3.8, 4) is 5.69 Å². The predicted molar refractivity (Wildman–Crippen MR) is 63.8 cm³/mol. The van der Waals surface area contributed by atoms with Crippen molar-refractivity contribution in [1.29, 1.82) is 0 Å². The first-order valence-corrected chi connectivity index (χ1v) is 5.49. The summed E-state index contributed by atoms with van der Waals surface area (Å²) >= 11 is 0. The minimum absolute atomic E-state index is 0.0213. The maximum atomic E-state index is 13.3. The molecule has 0 saturated heterocycles. The second-order valence-corrected chi connectivity index (χ2v) is 3.71. The van der Waals surface area contributed by atoms with Gasteiger partial charge in [0.1, 0.15) is 5.82 Å². The third kappa shape index (κ3) is 2.54. The summed E-state index contributed by atoms with van der Waals surface area (Å²) in [4.78, 5) is 11.5. The van der Waals surface area contributed by atoms with Crippen molar-refractivity contribution in [2.45, 2.75) is 6.92 Å². The topological polar surface area (TPSA) is 70.1 Å². The highest BCUT2D eigenvalue weighted by Crippen LogP contribution is 2.22. The van der Waals surface area contributed by atoms with Gasteiger partial charge >= 0.3 is 5.97 Å². The Bertz CT molecular complexity index is 625. The number of aromatic nitrogens is 2. The molecule has 2 rings (SSSR count). The SMILES string of the molecule is CCOC(=O)c1cnn(-c2cc(F)cc(F)c2N)c1. The average Bonchev–Trinajstić information content (AvgIpc) is 2.83. The van der Waals surface area contributed by atoms with Crippen molar-refractivity contribution < 1.29 is 18.3 Å². The first-order chi connectivity index (χ1) is 9.02. The van der Waals surface area contributed by atoms with E-state index in [1.807, 2.05) is 0 Å². The zero-order chi connectivity index (χ0) is 14.0. The lowest BCUT2D eigenvalue weighted by molar-refractivity contribution is 0.0526. The van der Waals surface area contributed by atoms with Gasteiger partial charge in [0, 0.05) is 18.3 Å². The van der Waals surface area contributed by atoms with Crippen LogP contribution in [0.3, 0.4) is 0 Å². The van der Waals surface area contributed by atoms with Crippen LogP contribution < -0.4 is 5.73 Å². The van der Waals surface area contributed by atoms with Crippen molar-refractivity contribution in [3.63, 3.8) is 0 Å². The summed E-state index contributed by atoms with van der Waals surface area (Å²) in [5, 5.41) is 3.84. The minimum Gasteiger partial charge on any atom is -0.462 e. The van der Waals surface area contributed by atoms with Gasteiger partial charge in [-0.2, -0.15) is 5.10 Å². The van der Waals surface area contributed by atoms with Crippen LogP contribution in [0.5, 0.6) is 0 Å². The molecule has 0 aliphatic carbocycles. The molecule has 2 N–H and O–H groups in total. The number of hydrogen-bond donors (Lipinski definition) is 1. The fourth-order valence-electron chi connectivity index (χ4n) is 1.54. The summed E-state index contributed by atoms with van der Waals surface area (Å²) in [5.41, 5.74) is 5.45. The van der Waals surface area contributed by atoms with Crippen LogP contribution >= 0.6 is 0 Å². The molecular weight excluding hydrogens is 256 g/mol. The summed E-state index contributed by atoms with van der Waals surface area (Å²) in [6.45, 7) is 1.89. The Morgan fingerprint density at radius 1 is 1.47 bits per heavy atom. The van der Waals surface area contributed by atoms with E-state index >= 15 is 0 Å². The molecule has 0 amide bonds. The third-order valence-corrected chi connectivity index (χ3v) is 2.41. The minimum atomic E-state index is -0.886. The van der Waals surface area contributed by atoms with E-state index in [2.05, 4.69) is 5.10 Å². The smallest absolute Gasteiger partial charge is 0.341 e. The Morgan fingerprint density at radius 2 is 2.21 bits per heavy atom. The number of anilines is 1. The number of nitrogens with zero attached hydrogens (tertiary/aromatic N) is 2. The van der Waals surface area contributed by atoms with Gasteiger partial charge in [0.15, 0.2) is 5.82 Å². The quantitative estimate of drug-likeness (QED) is 0.681. The molecule has 2 aromatic rings. The number of nitrogens with two attached hydrogens (primary N) is 1. The van der Waals surface area contributed by atoms with Gasteiger partial charge < -0.3 is 10.5 Å². The van der Waals surface area contributed by atoms with Crippen molar-refractivity contribution in [2.24, 2.45) is 0 Å². The molecule has 19 heavy (non-hydrogen) atoms. The highest BCUT2D eigenvalue weighted by atomic mass is 19.1. The fourth-order valence-corrected chi connectivity index (χ4v) is 1.54. The summed E-state index contributed by atoms with van der Waals surface area (Å²) < 4.78 is 32.4. The number of halogens is 2. The maximum absolute atomic E-state index is 13.3. The molecule has 0 unspecified atom stereocenters. The molecule has 0 radical (unpaired) electrons. The highest BCUT2D eigenvalue weighted by Gasteiger charge is 2.14. The van der Waals surface area contributed by atoms with Crippen molar-refractivity contribution in [1.82, 2.24) is 9.78 Å². The van der Waals surface area contributed by atoms with Crippen LogP contribution in [-0.2, 0) is 4.74 Å². The molecule has 7 heteroatoms. The fraction of sp³-hybridized carbons (Fsp3) is 0.167. The molecule has 0 saturated carbocycles. The Labute approximate surface area is 107 Å². The van der Waals surface area contributed by atoms with E-state index in [9.17, 15) is 13.6 Å². The van der Waals surface area contributed by atoms with Crippen LogP contribution in [0.25, 0.3) is 5.69 Å². The predicted octanol–water partition coefficient (Wildman–Crippen LogP) is 1.91. The second-order valence-electron chi connectivity index (χ2n) is 3.71. The van der Waals surface area contributed by atoms with Gasteiger partial charge in [-0.1, -0.05) is 0 Å². The lowest BCUT2D eigenvalue weighted by atomic mass is 10.2. The van der Waals surface area contributed by atoms with E-state index in [4.69, 9.17) is 10.5 Å². The molecule has 1 aromatic heterocycles. The van der Waals surface area contributed by atoms with E-state index in [0.29, 0.717) is 6.07 Å². The standard InChI is InChI=1S/C12H11F2N3O2/c1-2-19-12(18)7-5-16-17(6-7)10-4-8(13)3-9(14)11(10)15/h3-6H,2,15H2,1H3. The monoisotopic (exact) mass is 267 g/mol. The van der Waals surface area contributed by atoms with Crippen LogP contribution in [0.2, 0.25) is 0 Å². The largest absolute Gasteiger partial charge is 0.462 e. The van der Waals surface area contributed by atoms with Crippen LogP contribution in [0.15, 0.2) is 24.5 Å². The Hall–Kier alpha value is -2.44. The van der Waals surface area contributed by atoms with Gasteiger partial charge in [-0.05, 0) is 6.92 Å². The Morgan fingerprint density at radius 3 is 2.89 bits per heavy atom. The summed E-state index contributed by atoms with van der Waals surface area (Å²) in [6.07, 6.45) is 2.53. The second kappa shape index (κ2) is 5.05. The molecule has 0 bridgehead atoms. The molecule has 0 aliphatic rings. The molecule has 100 valence electrons. The number of carbonyl (C=O) groups is 1. The first-order valence-electron chi connectivity index (χ1n) is 5.49. The van der Waals surface area contributed by atoms with E-state index < -0.39 is 17.6 Å². The van der Waals surface area contributed by atoms with Gasteiger partial charge in [0.25, 0.3) is 0 Å². The van der Waals surface area contributed by atoms with Crippen molar-refractivity contribution in [2.75, 3.05) is 12.3 Å². The maximum Gasteiger partial charge on any atom is 0.341 e. The van der Waals surface area contributed by atoms with Crippen LogP contribution in [0.1, 0.15) is 17.3 Å². The van der Waals surface area contributed by atoms with Crippen LogP contribution in [0, 0.1) is 11.6 Å². The van der Waals surface area contributed by atoms with Crippen molar-refractivity contribution in [3.05, 3.63) is 41.7 Å². The van der Waals surface area contributed by atoms with E-state index in [-0.39, 0.29) is 23.5 Å². The Balaban J connectivity index is 2.41. The van der Waals surface area contributed by atoms with Crippen molar-refractivity contribution >= 4 is 11.7 Å². The Kier molecular flexibility index (Phi) is 3.46. The first kappa shape index (κ1) is 13.0. The molecule has 1 heterocycles. The molecule has 0 fully saturated rings. The number of ether oxygens (including phenoxy) is 1. The van der Waals surface area contributed by atoms with Gasteiger partial charge in [0.05, 0.1) is 29.7 Å². The molecule has 0 atom stereocenters. The summed E-state index contributed by atoms with van der Waals surface area (Å²) in [7, 11) is 0. The van der Waals surface area contributed by atoms with E-state index in [0.717, 1.165) is 10.7 Å². The number of nitrogen functional groups attached to an aromatic ring is 1. The lowest BCUT2D eigenvalue weighted by Gasteiger charge is -2.06. The average molecular weight is 267 g/mol. The molecule has 0 aliphatic heterocycles. The normalized spacial score (nSPS) is 10.5. The third-order valence-electron chi connectivity index (χ3n) is 2.41. The molecule has 1 aromatic carbocycles. The van der Waals surface area contributed by atoms with Gasteiger partial charge in [-0.3, -0.25) is 0 Å². The molecule has 0 spiro atoms. The zero-order valence-electron chi connectivity index (χ0n) is 10.1. The highest BCUT2D eigenvalue weighted by molar-refractivity contribution is 5.88.